The van der Waals surface area contributed by atoms with Crippen molar-refractivity contribution in [3.05, 3.63) is 79.4 Å². The summed E-state index contributed by atoms with van der Waals surface area (Å²) >= 11 is 11.7. The van der Waals surface area contributed by atoms with E-state index in [1.165, 1.54) is 24.3 Å². The van der Waals surface area contributed by atoms with Crippen molar-refractivity contribution in [2.24, 2.45) is 4.99 Å². The van der Waals surface area contributed by atoms with Crippen molar-refractivity contribution in [3.8, 4) is 0 Å². The number of rotatable bonds is 3. The third-order valence-electron chi connectivity index (χ3n) is 3.16. The maximum atomic E-state index is 11.9. The summed E-state index contributed by atoms with van der Waals surface area (Å²) in [5, 5.41) is 11.5. The largest absolute Gasteiger partial charge is 0.402 e. The standard InChI is InChI=1S/C16H8Cl2N2O4/c17-11-3-1-2-9(6-11)7-13-16(21)24-15(19-13)10-4-5-12(18)14(8-10)20(22)23/h1-8H/b13-7-. The molecule has 1 aliphatic rings. The van der Waals surface area contributed by atoms with Crippen molar-refractivity contribution in [3.63, 3.8) is 0 Å². The molecular weight excluding hydrogens is 355 g/mol. The molecule has 2 aromatic carbocycles. The summed E-state index contributed by atoms with van der Waals surface area (Å²) in [6.45, 7) is 0. The summed E-state index contributed by atoms with van der Waals surface area (Å²) in [6, 6.07) is 10.9. The summed E-state index contributed by atoms with van der Waals surface area (Å²) in [7, 11) is 0. The van der Waals surface area contributed by atoms with Gasteiger partial charge in [-0.3, -0.25) is 10.1 Å². The third-order valence-corrected chi connectivity index (χ3v) is 3.72. The molecule has 0 saturated heterocycles. The number of carbonyl (C=O) groups is 1. The molecular formula is C16H8Cl2N2O4. The Balaban J connectivity index is 1.98. The van der Waals surface area contributed by atoms with Gasteiger partial charge in [-0.1, -0.05) is 35.3 Å². The van der Waals surface area contributed by atoms with E-state index in [4.69, 9.17) is 27.9 Å². The van der Waals surface area contributed by atoms with Crippen molar-refractivity contribution in [2.45, 2.75) is 0 Å². The molecule has 0 saturated carbocycles. The highest BCUT2D eigenvalue weighted by Gasteiger charge is 2.26. The number of nitro groups is 1. The maximum absolute atomic E-state index is 11.9. The minimum Gasteiger partial charge on any atom is -0.402 e. The van der Waals surface area contributed by atoms with Crippen LogP contribution in [0.3, 0.4) is 0 Å². The summed E-state index contributed by atoms with van der Waals surface area (Å²) in [6.07, 6.45) is 1.52. The maximum Gasteiger partial charge on any atom is 0.363 e. The number of esters is 1. The number of hydrogen-bond donors (Lipinski definition) is 0. The summed E-state index contributed by atoms with van der Waals surface area (Å²) in [5.41, 5.74) is 0.750. The van der Waals surface area contributed by atoms with Crippen molar-refractivity contribution in [1.29, 1.82) is 0 Å². The van der Waals surface area contributed by atoms with E-state index in [1.54, 1.807) is 24.3 Å². The van der Waals surface area contributed by atoms with Crippen molar-refractivity contribution < 1.29 is 14.5 Å². The second kappa shape index (κ2) is 6.43. The number of cyclic esters (lactones) is 1. The molecule has 2 aromatic rings. The first-order valence-corrected chi connectivity index (χ1v) is 7.42. The Morgan fingerprint density at radius 2 is 1.96 bits per heavy atom. The van der Waals surface area contributed by atoms with Crippen molar-refractivity contribution >= 4 is 46.8 Å². The zero-order chi connectivity index (χ0) is 17.3. The number of nitrogens with zero attached hydrogens (tertiary/aromatic N) is 2. The molecule has 1 aliphatic heterocycles. The Labute approximate surface area is 146 Å². The van der Waals surface area contributed by atoms with Gasteiger partial charge < -0.3 is 4.74 Å². The minimum absolute atomic E-state index is 0.0108. The van der Waals surface area contributed by atoms with Gasteiger partial charge in [0.2, 0.25) is 5.90 Å². The Morgan fingerprint density at radius 3 is 2.67 bits per heavy atom. The first-order valence-electron chi connectivity index (χ1n) is 6.66. The molecule has 0 unspecified atom stereocenters. The smallest absolute Gasteiger partial charge is 0.363 e. The molecule has 0 bridgehead atoms. The van der Waals surface area contributed by atoms with Gasteiger partial charge in [-0.2, -0.15) is 0 Å². The Kier molecular flexibility index (Phi) is 4.33. The van der Waals surface area contributed by atoms with Gasteiger partial charge in [0, 0.05) is 16.7 Å². The number of benzene rings is 2. The van der Waals surface area contributed by atoms with Crippen LogP contribution in [0.2, 0.25) is 10.0 Å². The van der Waals surface area contributed by atoms with Gasteiger partial charge in [-0.15, -0.1) is 0 Å². The van der Waals surface area contributed by atoms with Gasteiger partial charge in [0.1, 0.15) is 5.02 Å². The van der Waals surface area contributed by atoms with E-state index in [1.807, 2.05) is 0 Å². The van der Waals surface area contributed by atoms with Gasteiger partial charge >= 0.3 is 5.97 Å². The Morgan fingerprint density at radius 1 is 1.17 bits per heavy atom. The molecule has 0 radical (unpaired) electrons. The summed E-state index contributed by atoms with van der Waals surface area (Å²) in [5.74, 6) is -0.671. The highest BCUT2D eigenvalue weighted by Crippen LogP contribution is 2.27. The highest BCUT2D eigenvalue weighted by atomic mass is 35.5. The van der Waals surface area contributed by atoms with Crippen LogP contribution in [-0.2, 0) is 9.53 Å². The average molecular weight is 363 g/mol. The number of aliphatic imine (C=N–C) groups is 1. The molecule has 8 heteroatoms. The predicted octanol–water partition coefficient (Wildman–Crippen LogP) is 4.25. The normalized spacial score (nSPS) is 15.3. The highest BCUT2D eigenvalue weighted by molar-refractivity contribution is 6.32. The fourth-order valence-corrected chi connectivity index (χ4v) is 2.46. The van der Waals surface area contributed by atoms with E-state index in [-0.39, 0.29) is 27.9 Å². The zero-order valence-electron chi connectivity index (χ0n) is 11.9. The van der Waals surface area contributed by atoms with Crippen LogP contribution in [0, 0.1) is 10.1 Å². The molecule has 0 N–H and O–H groups in total. The van der Waals surface area contributed by atoms with Crippen LogP contribution in [0.25, 0.3) is 6.08 Å². The predicted molar refractivity (Wildman–Crippen MR) is 90.2 cm³/mol. The lowest BCUT2D eigenvalue weighted by Crippen LogP contribution is -2.06. The lowest BCUT2D eigenvalue weighted by molar-refractivity contribution is -0.384. The molecule has 1 heterocycles. The summed E-state index contributed by atoms with van der Waals surface area (Å²) in [4.78, 5) is 26.3. The van der Waals surface area contributed by atoms with Gasteiger partial charge in [0.15, 0.2) is 5.70 Å². The van der Waals surface area contributed by atoms with E-state index in [9.17, 15) is 14.9 Å². The molecule has 0 spiro atoms. The molecule has 6 nitrogen and oxygen atoms in total. The number of ether oxygens (including phenoxy) is 1. The van der Waals surface area contributed by atoms with Crippen molar-refractivity contribution in [1.82, 2.24) is 0 Å². The van der Waals surface area contributed by atoms with Gasteiger partial charge in [0.05, 0.1) is 4.92 Å². The fourth-order valence-electron chi connectivity index (χ4n) is 2.07. The lowest BCUT2D eigenvalue weighted by Gasteiger charge is -2.00. The molecule has 0 aromatic heterocycles. The van der Waals surface area contributed by atoms with Crippen molar-refractivity contribution in [2.75, 3.05) is 0 Å². The second-order valence-corrected chi connectivity index (χ2v) is 5.66. The Hall–Kier alpha value is -2.70. The van der Waals surface area contributed by atoms with Crippen LogP contribution in [0.5, 0.6) is 0 Å². The van der Waals surface area contributed by atoms with Crippen LogP contribution in [0.15, 0.2) is 53.2 Å². The number of hydrogen-bond acceptors (Lipinski definition) is 5. The van der Waals surface area contributed by atoms with E-state index in [0.717, 1.165) is 0 Å². The molecule has 0 fully saturated rings. The zero-order valence-corrected chi connectivity index (χ0v) is 13.4. The monoisotopic (exact) mass is 362 g/mol. The van der Waals surface area contributed by atoms with Crippen LogP contribution in [0.1, 0.15) is 11.1 Å². The van der Waals surface area contributed by atoms with E-state index < -0.39 is 10.9 Å². The fraction of sp³-hybridized carbons (Fsp3) is 0. The average Bonchev–Trinajstić information content (AvgIpc) is 2.88. The molecule has 24 heavy (non-hydrogen) atoms. The lowest BCUT2D eigenvalue weighted by atomic mass is 10.2. The van der Waals surface area contributed by atoms with Crippen LogP contribution >= 0.6 is 23.2 Å². The second-order valence-electron chi connectivity index (χ2n) is 4.81. The van der Waals surface area contributed by atoms with Gasteiger partial charge in [-0.05, 0) is 35.9 Å². The topological polar surface area (TPSA) is 81.8 Å². The molecule has 0 aliphatic carbocycles. The Bertz CT molecular complexity index is 922. The third kappa shape index (κ3) is 3.29. The van der Waals surface area contributed by atoms with Crippen LogP contribution < -0.4 is 0 Å². The first kappa shape index (κ1) is 16.2. The van der Waals surface area contributed by atoms with E-state index in [0.29, 0.717) is 10.6 Å². The number of halogens is 2. The van der Waals surface area contributed by atoms with Crippen LogP contribution in [0.4, 0.5) is 5.69 Å². The first-order chi connectivity index (χ1) is 11.4. The molecule has 3 rings (SSSR count). The summed E-state index contributed by atoms with van der Waals surface area (Å²) < 4.78 is 5.08. The minimum atomic E-state index is -0.650. The molecule has 0 amide bonds. The van der Waals surface area contributed by atoms with Crippen LogP contribution in [-0.4, -0.2) is 16.8 Å². The molecule has 0 atom stereocenters. The molecule has 120 valence electrons. The van der Waals surface area contributed by atoms with E-state index in [2.05, 4.69) is 4.99 Å². The quantitative estimate of drug-likeness (QED) is 0.353. The number of carbonyl (C=O) groups excluding carboxylic acids is 1. The van der Waals surface area contributed by atoms with Gasteiger partial charge in [0.25, 0.3) is 5.69 Å². The van der Waals surface area contributed by atoms with E-state index >= 15 is 0 Å². The van der Waals surface area contributed by atoms with Gasteiger partial charge in [-0.25, -0.2) is 9.79 Å². The SMILES string of the molecule is O=C1OC(c2ccc(Cl)c([N+](=O)[O-])c2)=N/C1=C\c1cccc(Cl)c1. The number of nitro benzene ring substituents is 1.